The fraction of sp³-hybridized carbons (Fsp3) is 0.500. The number of hydrogen-bond donors (Lipinski definition) is 1. The lowest BCUT2D eigenvalue weighted by atomic mass is 10.3. The fourth-order valence-electron chi connectivity index (χ4n) is 1.00. The lowest BCUT2D eigenvalue weighted by Gasteiger charge is -2.02. The van der Waals surface area contributed by atoms with E-state index in [1.54, 1.807) is 6.07 Å². The molecule has 1 heterocycles. The van der Waals surface area contributed by atoms with E-state index >= 15 is 0 Å². The standard InChI is InChI=1S/C10H16N2O/c1-2-3-7-13-8-9-5-4-6-10(11)12-9/h4-6H,2-3,7-8H2,1H3,(H2,11,12). The highest BCUT2D eigenvalue weighted by molar-refractivity contribution is 5.28. The van der Waals surface area contributed by atoms with Gasteiger partial charge in [-0.1, -0.05) is 19.4 Å². The lowest BCUT2D eigenvalue weighted by Crippen LogP contribution is -1.99. The molecule has 0 fully saturated rings. The molecule has 0 aromatic carbocycles. The maximum absolute atomic E-state index is 5.52. The number of nitrogens with zero attached hydrogens (tertiary/aromatic N) is 1. The van der Waals surface area contributed by atoms with Gasteiger partial charge in [0.05, 0.1) is 12.3 Å². The van der Waals surface area contributed by atoms with Gasteiger partial charge in [-0.05, 0) is 18.6 Å². The van der Waals surface area contributed by atoms with E-state index in [0.717, 1.165) is 25.1 Å². The van der Waals surface area contributed by atoms with Crippen LogP contribution < -0.4 is 5.73 Å². The van der Waals surface area contributed by atoms with Crippen LogP contribution in [0.5, 0.6) is 0 Å². The fourth-order valence-corrected chi connectivity index (χ4v) is 1.00. The minimum atomic E-state index is 0.552. The highest BCUT2D eigenvalue weighted by atomic mass is 16.5. The van der Waals surface area contributed by atoms with Crippen molar-refractivity contribution in [3.8, 4) is 0 Å². The number of pyridine rings is 1. The third-order valence-electron chi connectivity index (χ3n) is 1.72. The minimum absolute atomic E-state index is 0.552. The first-order chi connectivity index (χ1) is 6.33. The number of nitrogen functional groups attached to an aromatic ring is 1. The van der Waals surface area contributed by atoms with Crippen molar-refractivity contribution in [2.75, 3.05) is 12.3 Å². The molecule has 0 saturated heterocycles. The van der Waals surface area contributed by atoms with Gasteiger partial charge >= 0.3 is 0 Å². The molecule has 72 valence electrons. The molecule has 2 N–H and O–H groups in total. The molecule has 0 saturated carbocycles. The van der Waals surface area contributed by atoms with Crippen LogP contribution in [0.15, 0.2) is 18.2 Å². The van der Waals surface area contributed by atoms with E-state index in [2.05, 4.69) is 11.9 Å². The van der Waals surface area contributed by atoms with Gasteiger partial charge in [0.1, 0.15) is 5.82 Å². The zero-order valence-electron chi connectivity index (χ0n) is 7.99. The maximum atomic E-state index is 5.52. The molecule has 3 nitrogen and oxygen atoms in total. The summed E-state index contributed by atoms with van der Waals surface area (Å²) in [5.41, 5.74) is 6.42. The van der Waals surface area contributed by atoms with Crippen LogP contribution in [0.1, 0.15) is 25.5 Å². The Kier molecular flexibility index (Phi) is 4.26. The molecular weight excluding hydrogens is 164 g/mol. The van der Waals surface area contributed by atoms with Crippen LogP contribution in [0.25, 0.3) is 0 Å². The van der Waals surface area contributed by atoms with Crippen molar-refractivity contribution in [3.63, 3.8) is 0 Å². The first-order valence-electron chi connectivity index (χ1n) is 4.62. The van der Waals surface area contributed by atoms with E-state index in [1.165, 1.54) is 0 Å². The normalized spacial score (nSPS) is 10.2. The number of ether oxygens (including phenoxy) is 1. The summed E-state index contributed by atoms with van der Waals surface area (Å²) in [6, 6.07) is 5.58. The van der Waals surface area contributed by atoms with Crippen LogP contribution in [0.2, 0.25) is 0 Å². The third-order valence-corrected chi connectivity index (χ3v) is 1.72. The van der Waals surface area contributed by atoms with Crippen LogP contribution in [-0.4, -0.2) is 11.6 Å². The Morgan fingerprint density at radius 3 is 3.00 bits per heavy atom. The summed E-state index contributed by atoms with van der Waals surface area (Å²) in [4.78, 5) is 4.12. The van der Waals surface area contributed by atoms with Gasteiger partial charge in [-0.3, -0.25) is 0 Å². The first-order valence-corrected chi connectivity index (χ1v) is 4.62. The van der Waals surface area contributed by atoms with Crippen molar-refractivity contribution < 1.29 is 4.74 Å². The molecular formula is C10H16N2O. The monoisotopic (exact) mass is 180 g/mol. The Hall–Kier alpha value is -1.09. The molecule has 1 aromatic rings. The molecule has 0 atom stereocenters. The predicted molar refractivity (Wildman–Crippen MR) is 53.2 cm³/mol. The highest BCUT2D eigenvalue weighted by Crippen LogP contribution is 2.02. The summed E-state index contributed by atoms with van der Waals surface area (Å²) in [5.74, 6) is 0.552. The van der Waals surface area contributed by atoms with E-state index in [4.69, 9.17) is 10.5 Å². The van der Waals surface area contributed by atoms with Gasteiger partial charge in [-0.15, -0.1) is 0 Å². The van der Waals surface area contributed by atoms with Gasteiger partial charge in [0.15, 0.2) is 0 Å². The SMILES string of the molecule is CCCCOCc1cccc(N)n1. The Morgan fingerprint density at radius 2 is 2.31 bits per heavy atom. The summed E-state index contributed by atoms with van der Waals surface area (Å²) in [6.07, 6.45) is 2.26. The molecule has 13 heavy (non-hydrogen) atoms. The Bertz CT molecular complexity index is 250. The van der Waals surface area contributed by atoms with Crippen molar-refractivity contribution >= 4 is 5.82 Å². The second-order valence-corrected chi connectivity index (χ2v) is 2.96. The quantitative estimate of drug-likeness (QED) is 0.705. The average molecular weight is 180 g/mol. The average Bonchev–Trinajstić information content (AvgIpc) is 2.13. The zero-order chi connectivity index (χ0) is 9.52. The van der Waals surface area contributed by atoms with Gasteiger partial charge in [0, 0.05) is 6.61 Å². The van der Waals surface area contributed by atoms with Crippen molar-refractivity contribution in [2.45, 2.75) is 26.4 Å². The summed E-state index contributed by atoms with van der Waals surface area (Å²) in [7, 11) is 0. The van der Waals surface area contributed by atoms with Crippen molar-refractivity contribution in [1.82, 2.24) is 4.98 Å². The Morgan fingerprint density at radius 1 is 1.46 bits per heavy atom. The van der Waals surface area contributed by atoms with Gasteiger partial charge in [0.25, 0.3) is 0 Å². The largest absolute Gasteiger partial charge is 0.384 e. The van der Waals surface area contributed by atoms with Crippen LogP contribution in [0, 0.1) is 0 Å². The summed E-state index contributed by atoms with van der Waals surface area (Å²) in [5, 5.41) is 0. The minimum Gasteiger partial charge on any atom is -0.384 e. The van der Waals surface area contributed by atoms with Crippen molar-refractivity contribution in [2.24, 2.45) is 0 Å². The van der Waals surface area contributed by atoms with E-state index in [1.807, 2.05) is 12.1 Å². The van der Waals surface area contributed by atoms with Gasteiger partial charge in [-0.2, -0.15) is 0 Å². The van der Waals surface area contributed by atoms with E-state index < -0.39 is 0 Å². The second-order valence-electron chi connectivity index (χ2n) is 2.96. The van der Waals surface area contributed by atoms with Crippen LogP contribution in [0.4, 0.5) is 5.82 Å². The molecule has 0 aliphatic rings. The topological polar surface area (TPSA) is 48.1 Å². The van der Waals surface area contributed by atoms with E-state index in [9.17, 15) is 0 Å². The van der Waals surface area contributed by atoms with Crippen LogP contribution >= 0.6 is 0 Å². The van der Waals surface area contributed by atoms with Gasteiger partial charge < -0.3 is 10.5 Å². The number of unbranched alkanes of at least 4 members (excludes halogenated alkanes) is 1. The Labute approximate surface area is 78.9 Å². The van der Waals surface area contributed by atoms with Crippen molar-refractivity contribution in [3.05, 3.63) is 23.9 Å². The van der Waals surface area contributed by atoms with E-state index in [0.29, 0.717) is 12.4 Å². The Balaban J connectivity index is 2.28. The summed E-state index contributed by atoms with van der Waals surface area (Å²) in [6.45, 7) is 3.50. The molecule has 0 bridgehead atoms. The summed E-state index contributed by atoms with van der Waals surface area (Å²) < 4.78 is 5.40. The molecule has 0 spiro atoms. The molecule has 1 aromatic heterocycles. The lowest BCUT2D eigenvalue weighted by molar-refractivity contribution is 0.115. The first kappa shape index (κ1) is 9.99. The molecule has 0 amide bonds. The molecule has 0 aliphatic heterocycles. The maximum Gasteiger partial charge on any atom is 0.123 e. The zero-order valence-corrected chi connectivity index (χ0v) is 7.99. The predicted octanol–water partition coefficient (Wildman–Crippen LogP) is 1.98. The van der Waals surface area contributed by atoms with Gasteiger partial charge in [0.2, 0.25) is 0 Å². The molecule has 0 aliphatic carbocycles. The van der Waals surface area contributed by atoms with Crippen LogP contribution in [-0.2, 0) is 11.3 Å². The van der Waals surface area contributed by atoms with E-state index in [-0.39, 0.29) is 0 Å². The number of hydrogen-bond acceptors (Lipinski definition) is 3. The summed E-state index contributed by atoms with van der Waals surface area (Å²) >= 11 is 0. The van der Waals surface area contributed by atoms with Crippen LogP contribution in [0.3, 0.4) is 0 Å². The molecule has 0 unspecified atom stereocenters. The van der Waals surface area contributed by atoms with Gasteiger partial charge in [-0.25, -0.2) is 4.98 Å². The number of nitrogens with two attached hydrogens (primary N) is 1. The highest BCUT2D eigenvalue weighted by Gasteiger charge is 1.94. The number of anilines is 1. The number of aromatic nitrogens is 1. The molecule has 1 rings (SSSR count). The smallest absolute Gasteiger partial charge is 0.123 e. The second kappa shape index (κ2) is 5.54. The van der Waals surface area contributed by atoms with Crippen molar-refractivity contribution in [1.29, 1.82) is 0 Å². The number of rotatable bonds is 5. The molecule has 3 heteroatoms. The third kappa shape index (κ3) is 3.90. The molecule has 0 radical (unpaired) electrons.